The number of rotatable bonds is 9. The molecule has 0 aliphatic carbocycles. The molecule has 0 radical (unpaired) electrons. The molecular formula is C11H20O5. The van der Waals surface area contributed by atoms with Crippen molar-refractivity contribution in [3.05, 3.63) is 0 Å². The van der Waals surface area contributed by atoms with Gasteiger partial charge in [-0.3, -0.25) is 9.59 Å². The number of esters is 1. The van der Waals surface area contributed by atoms with E-state index in [0.29, 0.717) is 13.2 Å². The van der Waals surface area contributed by atoms with Gasteiger partial charge >= 0.3 is 11.9 Å². The van der Waals surface area contributed by atoms with Gasteiger partial charge in [0.2, 0.25) is 0 Å². The normalized spacial score (nSPS) is 12.1. The van der Waals surface area contributed by atoms with Crippen LogP contribution < -0.4 is 0 Å². The van der Waals surface area contributed by atoms with E-state index >= 15 is 0 Å². The highest BCUT2D eigenvalue weighted by atomic mass is 16.6. The molecule has 1 atom stereocenters. The number of carbonyl (C=O) groups excluding carboxylic acids is 1. The molecule has 0 bridgehead atoms. The van der Waals surface area contributed by atoms with E-state index in [0.717, 1.165) is 12.8 Å². The predicted molar refractivity (Wildman–Crippen MR) is 58.2 cm³/mol. The molecule has 0 aromatic rings. The third-order valence-electron chi connectivity index (χ3n) is 1.87. The molecule has 0 fully saturated rings. The lowest BCUT2D eigenvalue weighted by molar-refractivity contribution is -0.153. The summed E-state index contributed by atoms with van der Waals surface area (Å²) in [6.45, 7) is 4.82. The molecule has 0 spiro atoms. The van der Waals surface area contributed by atoms with E-state index in [2.05, 4.69) is 6.92 Å². The first-order valence-corrected chi connectivity index (χ1v) is 5.55. The van der Waals surface area contributed by atoms with Crippen LogP contribution in [0.15, 0.2) is 0 Å². The van der Waals surface area contributed by atoms with Gasteiger partial charge in [-0.1, -0.05) is 13.3 Å². The SMILES string of the molecule is CCCCOCC(C)OC(=O)CCC(=O)O. The van der Waals surface area contributed by atoms with Crippen LogP contribution >= 0.6 is 0 Å². The molecule has 0 heterocycles. The lowest BCUT2D eigenvalue weighted by Crippen LogP contribution is -2.21. The smallest absolute Gasteiger partial charge is 0.306 e. The monoisotopic (exact) mass is 232 g/mol. The van der Waals surface area contributed by atoms with Crippen LogP contribution in [0.2, 0.25) is 0 Å². The fraction of sp³-hybridized carbons (Fsp3) is 0.818. The van der Waals surface area contributed by atoms with Gasteiger partial charge in [0.25, 0.3) is 0 Å². The topological polar surface area (TPSA) is 72.8 Å². The van der Waals surface area contributed by atoms with Crippen molar-refractivity contribution >= 4 is 11.9 Å². The fourth-order valence-corrected chi connectivity index (χ4v) is 1.02. The summed E-state index contributed by atoms with van der Waals surface area (Å²) in [6.07, 6.45) is 1.45. The summed E-state index contributed by atoms with van der Waals surface area (Å²) in [5.41, 5.74) is 0. The van der Waals surface area contributed by atoms with Crippen LogP contribution in [0.5, 0.6) is 0 Å². The molecule has 0 rings (SSSR count). The molecular weight excluding hydrogens is 212 g/mol. The predicted octanol–water partition coefficient (Wildman–Crippen LogP) is 1.60. The Hall–Kier alpha value is -1.10. The molecule has 1 unspecified atom stereocenters. The average Bonchev–Trinajstić information content (AvgIpc) is 2.21. The van der Waals surface area contributed by atoms with Gasteiger partial charge in [-0.25, -0.2) is 0 Å². The Morgan fingerprint density at radius 1 is 1.31 bits per heavy atom. The van der Waals surface area contributed by atoms with Gasteiger partial charge in [-0.05, 0) is 13.3 Å². The zero-order valence-electron chi connectivity index (χ0n) is 9.90. The Balaban J connectivity index is 3.50. The fourth-order valence-electron chi connectivity index (χ4n) is 1.02. The number of hydrogen-bond acceptors (Lipinski definition) is 4. The Labute approximate surface area is 95.7 Å². The Morgan fingerprint density at radius 2 is 2.00 bits per heavy atom. The first kappa shape index (κ1) is 14.9. The largest absolute Gasteiger partial charge is 0.481 e. The summed E-state index contributed by atoms with van der Waals surface area (Å²) in [7, 11) is 0. The van der Waals surface area contributed by atoms with E-state index in [4.69, 9.17) is 14.6 Å². The van der Waals surface area contributed by atoms with Crippen LogP contribution in [0.4, 0.5) is 0 Å². The summed E-state index contributed by atoms with van der Waals surface area (Å²) in [5, 5.41) is 8.36. The minimum atomic E-state index is -0.996. The number of carboxylic acid groups (broad SMARTS) is 1. The van der Waals surface area contributed by atoms with Gasteiger partial charge in [-0.2, -0.15) is 0 Å². The van der Waals surface area contributed by atoms with Crippen LogP contribution in [0, 0.1) is 0 Å². The minimum absolute atomic E-state index is 0.0887. The quantitative estimate of drug-likeness (QED) is 0.483. The molecule has 1 N–H and O–H groups in total. The molecule has 0 saturated carbocycles. The van der Waals surface area contributed by atoms with Crippen LogP contribution in [0.1, 0.15) is 39.5 Å². The number of unbranched alkanes of at least 4 members (excludes halogenated alkanes) is 1. The summed E-state index contributed by atoms with van der Waals surface area (Å²) < 4.78 is 10.2. The zero-order chi connectivity index (χ0) is 12.4. The maximum absolute atomic E-state index is 11.1. The molecule has 0 amide bonds. The molecule has 0 aliphatic heterocycles. The second kappa shape index (κ2) is 9.15. The summed E-state index contributed by atoms with van der Waals surface area (Å²) in [5.74, 6) is -1.49. The molecule has 94 valence electrons. The maximum Gasteiger partial charge on any atom is 0.306 e. The Morgan fingerprint density at radius 3 is 2.56 bits per heavy atom. The van der Waals surface area contributed by atoms with Gasteiger partial charge in [0.15, 0.2) is 0 Å². The number of aliphatic carboxylic acids is 1. The molecule has 5 heteroatoms. The molecule has 0 aliphatic rings. The van der Waals surface area contributed by atoms with Crippen molar-refractivity contribution in [2.75, 3.05) is 13.2 Å². The van der Waals surface area contributed by atoms with Crippen molar-refractivity contribution in [2.24, 2.45) is 0 Å². The summed E-state index contributed by atoms with van der Waals surface area (Å²) in [6, 6.07) is 0. The third kappa shape index (κ3) is 9.45. The van der Waals surface area contributed by atoms with Crippen molar-refractivity contribution in [1.82, 2.24) is 0 Å². The van der Waals surface area contributed by atoms with E-state index in [1.54, 1.807) is 6.92 Å². The highest BCUT2D eigenvalue weighted by Crippen LogP contribution is 1.99. The highest BCUT2D eigenvalue weighted by Gasteiger charge is 2.11. The number of hydrogen-bond donors (Lipinski definition) is 1. The van der Waals surface area contributed by atoms with E-state index in [-0.39, 0.29) is 18.9 Å². The van der Waals surface area contributed by atoms with Gasteiger partial charge < -0.3 is 14.6 Å². The number of ether oxygens (including phenoxy) is 2. The first-order chi connectivity index (χ1) is 7.56. The third-order valence-corrected chi connectivity index (χ3v) is 1.87. The van der Waals surface area contributed by atoms with E-state index < -0.39 is 11.9 Å². The van der Waals surface area contributed by atoms with E-state index in [9.17, 15) is 9.59 Å². The van der Waals surface area contributed by atoms with Crippen molar-refractivity contribution in [1.29, 1.82) is 0 Å². The lowest BCUT2D eigenvalue weighted by Gasteiger charge is -2.13. The van der Waals surface area contributed by atoms with Crippen LogP contribution in [-0.4, -0.2) is 36.4 Å². The van der Waals surface area contributed by atoms with Gasteiger partial charge in [0.05, 0.1) is 19.4 Å². The zero-order valence-corrected chi connectivity index (χ0v) is 9.90. The Kier molecular flexibility index (Phi) is 8.52. The highest BCUT2D eigenvalue weighted by molar-refractivity contribution is 5.76. The second-order valence-electron chi connectivity index (χ2n) is 3.62. The summed E-state index contributed by atoms with van der Waals surface area (Å²) in [4.78, 5) is 21.3. The molecule has 5 nitrogen and oxygen atoms in total. The maximum atomic E-state index is 11.1. The Bertz CT molecular complexity index is 214. The van der Waals surface area contributed by atoms with Gasteiger partial charge in [0, 0.05) is 6.61 Å². The standard InChI is InChI=1S/C11H20O5/c1-3-4-7-15-8-9(2)16-11(14)6-5-10(12)13/h9H,3-8H2,1-2H3,(H,12,13). The average molecular weight is 232 g/mol. The van der Waals surface area contributed by atoms with Crippen molar-refractivity contribution in [3.63, 3.8) is 0 Å². The summed E-state index contributed by atoms with van der Waals surface area (Å²) >= 11 is 0. The van der Waals surface area contributed by atoms with Crippen LogP contribution in [0.25, 0.3) is 0 Å². The second-order valence-corrected chi connectivity index (χ2v) is 3.62. The van der Waals surface area contributed by atoms with E-state index in [1.807, 2.05) is 0 Å². The molecule has 0 saturated heterocycles. The number of carboxylic acids is 1. The van der Waals surface area contributed by atoms with Crippen molar-refractivity contribution < 1.29 is 24.2 Å². The van der Waals surface area contributed by atoms with Gasteiger partial charge in [0.1, 0.15) is 6.10 Å². The van der Waals surface area contributed by atoms with E-state index in [1.165, 1.54) is 0 Å². The van der Waals surface area contributed by atoms with Gasteiger partial charge in [-0.15, -0.1) is 0 Å². The molecule has 0 aromatic heterocycles. The van der Waals surface area contributed by atoms with Crippen LogP contribution in [0.3, 0.4) is 0 Å². The molecule has 0 aromatic carbocycles. The molecule has 16 heavy (non-hydrogen) atoms. The van der Waals surface area contributed by atoms with Crippen molar-refractivity contribution in [3.8, 4) is 0 Å². The number of carbonyl (C=O) groups is 2. The minimum Gasteiger partial charge on any atom is -0.481 e. The lowest BCUT2D eigenvalue weighted by atomic mass is 10.3. The first-order valence-electron chi connectivity index (χ1n) is 5.55. The van der Waals surface area contributed by atoms with Crippen LogP contribution in [-0.2, 0) is 19.1 Å². The van der Waals surface area contributed by atoms with Crippen molar-refractivity contribution in [2.45, 2.75) is 45.6 Å².